The number of aromatic nitrogens is 4. The van der Waals surface area contributed by atoms with Crippen LogP contribution < -0.4 is 5.73 Å². The highest BCUT2D eigenvalue weighted by atomic mass is 15.5. The van der Waals surface area contributed by atoms with Gasteiger partial charge in [-0.2, -0.15) is 0 Å². The summed E-state index contributed by atoms with van der Waals surface area (Å²) in [4.78, 5) is 0. The van der Waals surface area contributed by atoms with Crippen molar-refractivity contribution >= 4 is 0 Å². The van der Waals surface area contributed by atoms with Crippen molar-refractivity contribution in [2.24, 2.45) is 5.73 Å². The molecule has 1 aromatic rings. The van der Waals surface area contributed by atoms with E-state index in [4.69, 9.17) is 5.73 Å². The first-order valence-corrected chi connectivity index (χ1v) is 3.18. The van der Waals surface area contributed by atoms with Crippen molar-refractivity contribution < 1.29 is 0 Å². The predicted molar refractivity (Wildman–Crippen MR) is 36.2 cm³/mol. The molecular weight excluding hydrogens is 130 g/mol. The number of hydrogen-bond donors (Lipinski definition) is 1. The van der Waals surface area contributed by atoms with E-state index in [1.54, 1.807) is 4.68 Å². The average molecular weight is 141 g/mol. The number of tetrazole rings is 1. The molecule has 0 aliphatic rings. The van der Waals surface area contributed by atoms with Crippen LogP contribution >= 0.6 is 0 Å². The van der Waals surface area contributed by atoms with Crippen LogP contribution in [0.1, 0.15) is 12.7 Å². The quantitative estimate of drug-likeness (QED) is 0.593. The molecule has 0 fully saturated rings. The summed E-state index contributed by atoms with van der Waals surface area (Å²) in [5.74, 6) is 0.803. The Balaban J connectivity index is 2.65. The van der Waals surface area contributed by atoms with E-state index < -0.39 is 0 Å². The van der Waals surface area contributed by atoms with Gasteiger partial charge >= 0.3 is 0 Å². The number of aryl methyl sites for hydroxylation is 1. The van der Waals surface area contributed by atoms with Crippen LogP contribution in [0.25, 0.3) is 0 Å². The summed E-state index contributed by atoms with van der Waals surface area (Å²) in [6.07, 6.45) is 0. The van der Waals surface area contributed by atoms with Gasteiger partial charge < -0.3 is 5.73 Å². The number of nitrogens with zero attached hydrogens (tertiary/aromatic N) is 4. The van der Waals surface area contributed by atoms with Crippen LogP contribution in [0.3, 0.4) is 0 Å². The van der Waals surface area contributed by atoms with E-state index in [0.29, 0.717) is 6.54 Å². The van der Waals surface area contributed by atoms with Crippen LogP contribution in [0.5, 0.6) is 0 Å². The summed E-state index contributed by atoms with van der Waals surface area (Å²) in [7, 11) is 0. The zero-order valence-electron chi connectivity index (χ0n) is 6.15. The standard InChI is InChI=1S/C5H11N5/c1-4(6)3-10-5(2)7-8-9-10/h4H,3,6H2,1-2H3. The Morgan fingerprint density at radius 2 is 2.40 bits per heavy atom. The molecule has 0 amide bonds. The van der Waals surface area contributed by atoms with E-state index in [1.165, 1.54) is 0 Å². The molecule has 1 heterocycles. The molecule has 0 radical (unpaired) electrons. The van der Waals surface area contributed by atoms with E-state index in [0.717, 1.165) is 5.82 Å². The Kier molecular flexibility index (Phi) is 1.96. The minimum Gasteiger partial charge on any atom is -0.326 e. The smallest absolute Gasteiger partial charge is 0.148 e. The molecule has 0 aromatic carbocycles. The third kappa shape index (κ3) is 1.51. The summed E-state index contributed by atoms with van der Waals surface area (Å²) in [6, 6.07) is 0.0993. The Hall–Kier alpha value is -0.970. The minimum atomic E-state index is 0.0993. The maximum Gasteiger partial charge on any atom is 0.148 e. The van der Waals surface area contributed by atoms with Crippen molar-refractivity contribution in [2.75, 3.05) is 0 Å². The third-order valence-corrected chi connectivity index (χ3v) is 1.17. The number of hydrogen-bond acceptors (Lipinski definition) is 4. The predicted octanol–water partition coefficient (Wildman–Crippen LogP) is -0.671. The third-order valence-electron chi connectivity index (χ3n) is 1.17. The fourth-order valence-electron chi connectivity index (χ4n) is 0.691. The second-order valence-electron chi connectivity index (χ2n) is 2.39. The summed E-state index contributed by atoms with van der Waals surface area (Å²) >= 11 is 0. The fourth-order valence-corrected chi connectivity index (χ4v) is 0.691. The van der Waals surface area contributed by atoms with Gasteiger partial charge in [0.1, 0.15) is 5.82 Å². The van der Waals surface area contributed by atoms with Gasteiger partial charge in [-0.15, -0.1) is 5.10 Å². The highest BCUT2D eigenvalue weighted by Crippen LogP contribution is 1.89. The van der Waals surface area contributed by atoms with Gasteiger partial charge in [-0.1, -0.05) is 0 Å². The van der Waals surface area contributed by atoms with Crippen molar-refractivity contribution in [1.82, 2.24) is 20.2 Å². The second kappa shape index (κ2) is 2.74. The molecule has 0 saturated carbocycles. The first-order valence-electron chi connectivity index (χ1n) is 3.18. The molecule has 1 atom stereocenters. The van der Waals surface area contributed by atoms with Crippen LogP contribution in [0, 0.1) is 6.92 Å². The molecule has 2 N–H and O–H groups in total. The molecule has 1 rings (SSSR count). The van der Waals surface area contributed by atoms with Crippen molar-refractivity contribution in [2.45, 2.75) is 26.4 Å². The molecular formula is C5H11N5. The molecule has 5 heteroatoms. The van der Waals surface area contributed by atoms with E-state index in [9.17, 15) is 0 Å². The lowest BCUT2D eigenvalue weighted by Crippen LogP contribution is -2.23. The summed E-state index contributed by atoms with van der Waals surface area (Å²) in [5, 5.41) is 10.9. The van der Waals surface area contributed by atoms with Crippen molar-refractivity contribution in [3.05, 3.63) is 5.82 Å². The van der Waals surface area contributed by atoms with Gasteiger partial charge in [0.15, 0.2) is 0 Å². The summed E-state index contributed by atoms with van der Waals surface area (Å²) in [5.41, 5.74) is 5.54. The molecule has 1 aromatic heterocycles. The van der Waals surface area contributed by atoms with Gasteiger partial charge in [0.05, 0.1) is 6.54 Å². The fraction of sp³-hybridized carbons (Fsp3) is 0.800. The molecule has 10 heavy (non-hydrogen) atoms. The molecule has 56 valence electrons. The van der Waals surface area contributed by atoms with Gasteiger partial charge in [0.2, 0.25) is 0 Å². The Labute approximate surface area is 59.2 Å². The zero-order chi connectivity index (χ0) is 7.56. The molecule has 0 spiro atoms. The Bertz CT molecular complexity index is 204. The van der Waals surface area contributed by atoms with E-state index in [1.807, 2.05) is 13.8 Å². The molecule has 1 unspecified atom stereocenters. The van der Waals surface area contributed by atoms with Crippen molar-refractivity contribution in [3.8, 4) is 0 Å². The van der Waals surface area contributed by atoms with Crippen LogP contribution in [-0.2, 0) is 6.54 Å². The Morgan fingerprint density at radius 3 is 2.80 bits per heavy atom. The normalized spacial score (nSPS) is 13.5. The molecule has 0 saturated heterocycles. The van der Waals surface area contributed by atoms with Crippen LogP contribution in [-0.4, -0.2) is 26.2 Å². The molecule has 0 bridgehead atoms. The van der Waals surface area contributed by atoms with Gasteiger partial charge in [-0.25, -0.2) is 4.68 Å². The monoisotopic (exact) mass is 141 g/mol. The van der Waals surface area contributed by atoms with E-state index >= 15 is 0 Å². The van der Waals surface area contributed by atoms with Gasteiger partial charge in [-0.3, -0.25) is 0 Å². The zero-order valence-corrected chi connectivity index (χ0v) is 6.15. The van der Waals surface area contributed by atoms with Crippen LogP contribution in [0.15, 0.2) is 0 Å². The lowest BCUT2D eigenvalue weighted by atomic mass is 10.4. The second-order valence-corrected chi connectivity index (χ2v) is 2.39. The van der Waals surface area contributed by atoms with Crippen LogP contribution in [0.2, 0.25) is 0 Å². The molecule has 0 aliphatic carbocycles. The average Bonchev–Trinajstić information content (AvgIpc) is 2.15. The van der Waals surface area contributed by atoms with Gasteiger partial charge in [0.25, 0.3) is 0 Å². The maximum absolute atomic E-state index is 5.54. The van der Waals surface area contributed by atoms with Crippen molar-refractivity contribution in [3.63, 3.8) is 0 Å². The number of nitrogens with two attached hydrogens (primary N) is 1. The SMILES string of the molecule is Cc1nnnn1CC(C)N. The summed E-state index contributed by atoms with van der Waals surface area (Å²) in [6.45, 7) is 4.45. The lowest BCUT2D eigenvalue weighted by Gasteiger charge is -2.03. The topological polar surface area (TPSA) is 69.6 Å². The largest absolute Gasteiger partial charge is 0.326 e. The highest BCUT2D eigenvalue weighted by molar-refractivity contribution is 4.74. The maximum atomic E-state index is 5.54. The first kappa shape index (κ1) is 7.14. The lowest BCUT2D eigenvalue weighted by molar-refractivity contribution is 0.513. The molecule has 0 aliphatic heterocycles. The Morgan fingerprint density at radius 1 is 1.70 bits per heavy atom. The molecule has 5 nitrogen and oxygen atoms in total. The van der Waals surface area contributed by atoms with Crippen molar-refractivity contribution in [1.29, 1.82) is 0 Å². The van der Waals surface area contributed by atoms with E-state index in [-0.39, 0.29) is 6.04 Å². The van der Waals surface area contributed by atoms with Gasteiger partial charge in [-0.05, 0) is 24.3 Å². The highest BCUT2D eigenvalue weighted by Gasteiger charge is 2.01. The first-order chi connectivity index (χ1) is 4.70. The van der Waals surface area contributed by atoms with E-state index in [2.05, 4.69) is 15.5 Å². The van der Waals surface area contributed by atoms with Gasteiger partial charge in [0, 0.05) is 6.04 Å². The van der Waals surface area contributed by atoms with Crippen LogP contribution in [0.4, 0.5) is 0 Å². The minimum absolute atomic E-state index is 0.0993. The number of rotatable bonds is 2. The summed E-state index contributed by atoms with van der Waals surface area (Å²) < 4.78 is 1.69.